The summed E-state index contributed by atoms with van der Waals surface area (Å²) < 4.78 is 22.9. The first kappa shape index (κ1) is 32.2. The van der Waals surface area contributed by atoms with Crippen LogP contribution in [0.15, 0.2) is 9.98 Å². The number of hydrogen-bond acceptors (Lipinski definition) is 15. The Hall–Kier alpha value is -2.27. The van der Waals surface area contributed by atoms with E-state index in [1.807, 2.05) is 0 Å². The SMILES string of the molecule is CN[C@H]1[C@@H](O[C@@H]2[C@@H](O[C@H]3[C@H](O)[C@@H](O)[C@H](N=C(N)N)[C@@H](O)[C@@H]3N=C(N)N)O[C@H](C)[C@@]2(O)C=O)O[C@H](CO)[C@@H](O)[C@@H]1O. The van der Waals surface area contributed by atoms with E-state index in [1.54, 1.807) is 0 Å². The van der Waals surface area contributed by atoms with Crippen LogP contribution in [0.5, 0.6) is 0 Å². The number of nitrogens with zero attached hydrogens (tertiary/aromatic N) is 2. The van der Waals surface area contributed by atoms with Crippen LogP contribution in [-0.4, -0.2) is 159 Å². The third-order valence-electron chi connectivity index (χ3n) is 7.34. The van der Waals surface area contributed by atoms with Gasteiger partial charge in [-0.2, -0.15) is 0 Å². The number of likely N-dealkylation sites (N-methyl/N-ethyl adjacent to an activating group) is 1. The molecule has 19 heteroatoms. The summed E-state index contributed by atoms with van der Waals surface area (Å²) in [5.41, 5.74) is 19.4. The zero-order chi connectivity index (χ0) is 30.1. The molecule has 2 aliphatic heterocycles. The van der Waals surface area contributed by atoms with Gasteiger partial charge in [0.2, 0.25) is 0 Å². The van der Waals surface area contributed by atoms with Crippen LogP contribution < -0.4 is 28.3 Å². The molecule has 2 heterocycles. The van der Waals surface area contributed by atoms with E-state index in [2.05, 4.69) is 15.3 Å². The average molecular weight is 582 g/mol. The first-order valence-corrected chi connectivity index (χ1v) is 12.4. The van der Waals surface area contributed by atoms with E-state index in [0.717, 1.165) is 0 Å². The Morgan fingerprint density at radius 1 is 0.900 bits per heavy atom. The van der Waals surface area contributed by atoms with Crippen molar-refractivity contribution < 1.29 is 59.5 Å². The zero-order valence-corrected chi connectivity index (χ0v) is 21.7. The molecule has 0 unspecified atom stereocenters. The number of rotatable bonds is 9. The van der Waals surface area contributed by atoms with Gasteiger partial charge in [0.05, 0.1) is 18.8 Å². The molecule has 0 radical (unpaired) electrons. The van der Waals surface area contributed by atoms with E-state index < -0.39 is 110 Å². The van der Waals surface area contributed by atoms with Gasteiger partial charge < -0.3 is 82.9 Å². The normalized spacial score (nSPS) is 47.4. The number of guanidine groups is 2. The number of aldehydes is 1. The van der Waals surface area contributed by atoms with Crippen molar-refractivity contribution in [2.45, 2.75) is 98.2 Å². The van der Waals surface area contributed by atoms with Crippen molar-refractivity contribution in [2.24, 2.45) is 32.9 Å². The maximum absolute atomic E-state index is 12.1. The van der Waals surface area contributed by atoms with E-state index in [-0.39, 0.29) is 6.29 Å². The molecule has 3 aliphatic rings. The smallest absolute Gasteiger partial charge is 0.188 e. The fourth-order valence-electron chi connectivity index (χ4n) is 5.08. The molecular weight excluding hydrogens is 542 g/mol. The van der Waals surface area contributed by atoms with Gasteiger partial charge in [-0.25, -0.2) is 9.98 Å². The summed E-state index contributed by atoms with van der Waals surface area (Å²) in [6.07, 6.45) is -17.3. The Balaban J connectivity index is 1.96. The molecule has 230 valence electrons. The van der Waals surface area contributed by atoms with Crippen LogP contribution in [0.4, 0.5) is 0 Å². The molecule has 0 spiro atoms. The Bertz CT molecular complexity index is 940. The molecule has 0 amide bonds. The van der Waals surface area contributed by atoms with E-state index in [1.165, 1.54) is 14.0 Å². The lowest BCUT2D eigenvalue weighted by Crippen LogP contribution is -2.66. The zero-order valence-electron chi connectivity index (χ0n) is 21.7. The molecule has 0 bridgehead atoms. The maximum Gasteiger partial charge on any atom is 0.188 e. The number of carbonyl (C=O) groups excluding carboxylic acids is 1. The Morgan fingerprint density at radius 3 is 2.02 bits per heavy atom. The molecule has 15 atom stereocenters. The molecule has 3 fully saturated rings. The standard InChI is InChI=1S/C21H39N7O12/c1-5-21(36,4-30)16(40-17-9(26-2)13(34)10(31)6(3-29)38-17)18(37-5)39-15-8(28-20(24)25)11(32)7(27-19(22)23)12(33)14(15)35/h4-18,26,29,31-36H,3H2,1-2H3,(H4,22,23,27)(H4,24,25,28)/t5-,6-,7-,8+,9-,10-,11-,12+,13-,14-,15-,16-,17-,18-,21+/m1/s1. The minimum Gasteiger partial charge on any atom is -0.394 e. The average Bonchev–Trinajstić information content (AvgIpc) is 3.13. The van der Waals surface area contributed by atoms with Gasteiger partial charge in [-0.05, 0) is 14.0 Å². The molecule has 0 aromatic heterocycles. The molecule has 40 heavy (non-hydrogen) atoms. The van der Waals surface area contributed by atoms with Crippen LogP contribution in [0.25, 0.3) is 0 Å². The second kappa shape index (κ2) is 12.7. The summed E-state index contributed by atoms with van der Waals surface area (Å²) in [6, 6.07) is -4.08. The first-order valence-electron chi connectivity index (χ1n) is 12.4. The summed E-state index contributed by atoms with van der Waals surface area (Å²) in [5, 5.41) is 76.6. The van der Waals surface area contributed by atoms with Crippen LogP contribution in [0, 0.1) is 0 Å². The number of nitrogens with one attached hydrogen (secondary N) is 1. The second-order valence-electron chi connectivity index (χ2n) is 9.89. The number of hydrogen-bond donors (Lipinski definition) is 12. The van der Waals surface area contributed by atoms with Gasteiger partial charge in [0.15, 0.2) is 36.4 Å². The van der Waals surface area contributed by atoms with E-state index in [0.29, 0.717) is 0 Å². The maximum atomic E-state index is 12.1. The van der Waals surface area contributed by atoms with Crippen LogP contribution in [-0.2, 0) is 23.7 Å². The predicted octanol–water partition coefficient (Wildman–Crippen LogP) is -8.16. The lowest BCUT2D eigenvalue weighted by Gasteiger charge is -2.45. The highest BCUT2D eigenvalue weighted by Crippen LogP contribution is 2.38. The summed E-state index contributed by atoms with van der Waals surface area (Å²) >= 11 is 0. The van der Waals surface area contributed by atoms with Crippen molar-refractivity contribution in [1.29, 1.82) is 0 Å². The summed E-state index contributed by atoms with van der Waals surface area (Å²) in [7, 11) is 1.42. The number of aliphatic hydroxyl groups is 7. The highest BCUT2D eigenvalue weighted by atomic mass is 16.8. The first-order chi connectivity index (χ1) is 18.7. The molecule has 1 aliphatic carbocycles. The van der Waals surface area contributed by atoms with Gasteiger partial charge in [-0.1, -0.05) is 0 Å². The molecule has 3 rings (SSSR count). The second-order valence-corrected chi connectivity index (χ2v) is 9.89. The van der Waals surface area contributed by atoms with Crippen molar-refractivity contribution in [2.75, 3.05) is 13.7 Å². The Morgan fingerprint density at radius 2 is 1.50 bits per heavy atom. The third kappa shape index (κ3) is 6.00. The van der Waals surface area contributed by atoms with Gasteiger partial charge >= 0.3 is 0 Å². The lowest BCUT2D eigenvalue weighted by atomic mass is 9.81. The highest BCUT2D eigenvalue weighted by molar-refractivity contribution is 5.76. The Kier molecular flexibility index (Phi) is 10.2. The van der Waals surface area contributed by atoms with Crippen LogP contribution >= 0.6 is 0 Å². The van der Waals surface area contributed by atoms with Gasteiger partial charge in [-0.15, -0.1) is 0 Å². The predicted molar refractivity (Wildman–Crippen MR) is 133 cm³/mol. The molecule has 0 aromatic rings. The number of aliphatic imine (C=N–C) groups is 2. The van der Waals surface area contributed by atoms with Gasteiger partial charge in [0, 0.05) is 0 Å². The van der Waals surface area contributed by atoms with Gasteiger partial charge in [0.25, 0.3) is 0 Å². The quantitative estimate of drug-likeness (QED) is 0.0682. The topological polar surface area (TPSA) is 336 Å². The monoisotopic (exact) mass is 581 g/mol. The minimum atomic E-state index is -2.38. The largest absolute Gasteiger partial charge is 0.394 e. The minimum absolute atomic E-state index is 0.140. The van der Waals surface area contributed by atoms with Crippen LogP contribution in [0.3, 0.4) is 0 Å². The highest BCUT2D eigenvalue weighted by Gasteiger charge is 2.60. The lowest BCUT2D eigenvalue weighted by molar-refractivity contribution is -0.314. The van der Waals surface area contributed by atoms with Gasteiger partial charge in [0.1, 0.15) is 60.9 Å². The van der Waals surface area contributed by atoms with Crippen molar-refractivity contribution in [3.05, 3.63) is 0 Å². The number of aliphatic hydroxyl groups excluding tert-OH is 6. The van der Waals surface area contributed by atoms with Crippen molar-refractivity contribution >= 4 is 18.2 Å². The Labute approximate surface area is 228 Å². The fraction of sp³-hybridized carbons (Fsp3) is 0.857. The molecule has 2 saturated heterocycles. The molecule has 0 aromatic carbocycles. The summed E-state index contributed by atoms with van der Waals surface area (Å²) in [6.45, 7) is 0.620. The van der Waals surface area contributed by atoms with Crippen molar-refractivity contribution in [3.63, 3.8) is 0 Å². The van der Waals surface area contributed by atoms with Crippen molar-refractivity contribution in [3.8, 4) is 0 Å². The van der Waals surface area contributed by atoms with E-state index in [4.69, 9.17) is 41.9 Å². The number of ether oxygens (including phenoxy) is 4. The number of carbonyl (C=O) groups is 1. The summed E-state index contributed by atoms with van der Waals surface area (Å²) in [4.78, 5) is 19.7. The van der Waals surface area contributed by atoms with E-state index in [9.17, 15) is 40.5 Å². The van der Waals surface area contributed by atoms with E-state index >= 15 is 0 Å². The van der Waals surface area contributed by atoms with Crippen LogP contribution in [0.2, 0.25) is 0 Å². The molecule has 1 saturated carbocycles. The van der Waals surface area contributed by atoms with Crippen LogP contribution in [0.1, 0.15) is 6.92 Å². The molecule has 19 nitrogen and oxygen atoms in total. The molecule has 16 N–H and O–H groups in total. The molecular formula is C21H39N7O12. The fourth-order valence-corrected chi connectivity index (χ4v) is 5.08. The van der Waals surface area contributed by atoms with Gasteiger partial charge in [-0.3, -0.25) is 4.79 Å². The third-order valence-corrected chi connectivity index (χ3v) is 7.34. The summed E-state index contributed by atoms with van der Waals surface area (Å²) in [5.74, 6) is -1.03. The van der Waals surface area contributed by atoms with Crippen molar-refractivity contribution in [1.82, 2.24) is 5.32 Å². The number of nitrogens with two attached hydrogens (primary N) is 4.